The van der Waals surface area contributed by atoms with Gasteiger partial charge in [0.15, 0.2) is 0 Å². The van der Waals surface area contributed by atoms with Crippen molar-refractivity contribution in [3.8, 4) is 0 Å². The van der Waals surface area contributed by atoms with E-state index in [0.717, 1.165) is 29.7 Å². The van der Waals surface area contributed by atoms with Gasteiger partial charge in [-0.3, -0.25) is 4.79 Å². The molecule has 1 fully saturated rings. The van der Waals surface area contributed by atoms with Crippen LogP contribution in [0, 0.1) is 5.41 Å². The lowest BCUT2D eigenvalue weighted by molar-refractivity contribution is -0.125. The molecule has 1 saturated heterocycles. The van der Waals surface area contributed by atoms with Gasteiger partial charge in [0.25, 0.3) is 0 Å². The summed E-state index contributed by atoms with van der Waals surface area (Å²) < 4.78 is 5.36. The molecule has 1 aromatic carbocycles. The molecule has 0 radical (unpaired) electrons. The van der Waals surface area contributed by atoms with E-state index in [4.69, 9.17) is 10.5 Å². The van der Waals surface area contributed by atoms with Gasteiger partial charge in [0.1, 0.15) is 0 Å². The standard InChI is InChI=1S/C16H24N2O2/c1-4-11-7-6-8-12(5-2)14(11)18-15(19)16(3)10-20-9-13(16)17/h6-8,13H,4-5,9-10,17H2,1-3H3,(H,18,19). The molecule has 3 N–H and O–H groups in total. The summed E-state index contributed by atoms with van der Waals surface area (Å²) in [4.78, 5) is 12.6. The molecule has 2 unspecified atom stereocenters. The van der Waals surface area contributed by atoms with Crippen molar-refractivity contribution in [2.45, 2.75) is 39.7 Å². The molecule has 0 aliphatic carbocycles. The summed E-state index contributed by atoms with van der Waals surface area (Å²) in [5.74, 6) is -0.0434. The smallest absolute Gasteiger partial charge is 0.234 e. The van der Waals surface area contributed by atoms with Crippen LogP contribution in [0.2, 0.25) is 0 Å². The topological polar surface area (TPSA) is 64.3 Å². The van der Waals surface area contributed by atoms with Crippen LogP contribution < -0.4 is 11.1 Å². The van der Waals surface area contributed by atoms with E-state index in [2.05, 4.69) is 31.3 Å². The van der Waals surface area contributed by atoms with Crippen molar-refractivity contribution in [1.82, 2.24) is 0 Å². The average molecular weight is 276 g/mol. The molecule has 110 valence electrons. The fraction of sp³-hybridized carbons (Fsp3) is 0.562. The number of ether oxygens (including phenoxy) is 1. The molecule has 0 aromatic heterocycles. The van der Waals surface area contributed by atoms with E-state index >= 15 is 0 Å². The lowest BCUT2D eigenvalue weighted by Gasteiger charge is -2.26. The summed E-state index contributed by atoms with van der Waals surface area (Å²) in [7, 11) is 0. The van der Waals surface area contributed by atoms with E-state index in [1.165, 1.54) is 0 Å². The number of benzene rings is 1. The van der Waals surface area contributed by atoms with Gasteiger partial charge in [-0.25, -0.2) is 0 Å². The number of para-hydroxylation sites is 1. The minimum Gasteiger partial charge on any atom is -0.379 e. The van der Waals surface area contributed by atoms with Crippen LogP contribution in [0.3, 0.4) is 0 Å². The van der Waals surface area contributed by atoms with Gasteiger partial charge in [-0.2, -0.15) is 0 Å². The Morgan fingerprint density at radius 3 is 2.45 bits per heavy atom. The number of carbonyl (C=O) groups excluding carboxylic acids is 1. The maximum Gasteiger partial charge on any atom is 0.234 e. The first-order valence-electron chi connectivity index (χ1n) is 7.28. The quantitative estimate of drug-likeness (QED) is 0.885. The normalized spacial score (nSPS) is 25.7. The molecule has 2 rings (SSSR count). The van der Waals surface area contributed by atoms with E-state index in [0.29, 0.717) is 13.2 Å². The summed E-state index contributed by atoms with van der Waals surface area (Å²) >= 11 is 0. The monoisotopic (exact) mass is 276 g/mol. The fourth-order valence-corrected chi connectivity index (χ4v) is 2.58. The maximum atomic E-state index is 12.6. The van der Waals surface area contributed by atoms with Crippen molar-refractivity contribution in [3.05, 3.63) is 29.3 Å². The molecule has 4 nitrogen and oxygen atoms in total. The summed E-state index contributed by atoms with van der Waals surface area (Å²) in [5.41, 5.74) is 8.65. The van der Waals surface area contributed by atoms with Gasteiger partial charge < -0.3 is 15.8 Å². The second-order valence-electron chi connectivity index (χ2n) is 5.65. The summed E-state index contributed by atoms with van der Waals surface area (Å²) in [5, 5.41) is 3.09. The second-order valence-corrected chi connectivity index (χ2v) is 5.65. The number of hydrogen-bond acceptors (Lipinski definition) is 3. The van der Waals surface area contributed by atoms with Crippen LogP contribution in [0.25, 0.3) is 0 Å². The molecule has 0 saturated carbocycles. The Morgan fingerprint density at radius 1 is 1.40 bits per heavy atom. The van der Waals surface area contributed by atoms with Crippen molar-refractivity contribution in [1.29, 1.82) is 0 Å². The van der Waals surface area contributed by atoms with Crippen LogP contribution in [0.1, 0.15) is 31.9 Å². The number of anilines is 1. The number of nitrogens with one attached hydrogen (secondary N) is 1. The molecule has 1 aliphatic rings. The molecule has 2 atom stereocenters. The third kappa shape index (κ3) is 2.58. The summed E-state index contributed by atoms with van der Waals surface area (Å²) in [6.07, 6.45) is 1.78. The number of aryl methyl sites for hydroxylation is 2. The SMILES string of the molecule is CCc1cccc(CC)c1NC(=O)C1(C)COCC1N. The Balaban J connectivity index is 2.28. The van der Waals surface area contributed by atoms with Gasteiger partial charge in [-0.1, -0.05) is 32.0 Å². The van der Waals surface area contributed by atoms with Crippen molar-refractivity contribution < 1.29 is 9.53 Å². The molecule has 20 heavy (non-hydrogen) atoms. The third-order valence-corrected chi connectivity index (χ3v) is 4.27. The number of amides is 1. The minimum absolute atomic E-state index is 0.0434. The van der Waals surface area contributed by atoms with Crippen LogP contribution >= 0.6 is 0 Å². The zero-order valence-electron chi connectivity index (χ0n) is 12.5. The first kappa shape index (κ1) is 15.0. The lowest BCUT2D eigenvalue weighted by atomic mass is 9.84. The highest BCUT2D eigenvalue weighted by molar-refractivity contribution is 5.97. The van der Waals surface area contributed by atoms with E-state index in [1.807, 2.05) is 13.0 Å². The van der Waals surface area contributed by atoms with Crippen molar-refractivity contribution in [2.75, 3.05) is 18.5 Å². The first-order valence-corrected chi connectivity index (χ1v) is 7.28. The first-order chi connectivity index (χ1) is 9.52. The van der Waals surface area contributed by atoms with Crippen LogP contribution in [-0.2, 0) is 22.4 Å². The highest BCUT2D eigenvalue weighted by Gasteiger charge is 2.44. The van der Waals surface area contributed by atoms with Gasteiger partial charge in [0.2, 0.25) is 5.91 Å². The van der Waals surface area contributed by atoms with E-state index in [-0.39, 0.29) is 11.9 Å². The van der Waals surface area contributed by atoms with Crippen LogP contribution in [0.5, 0.6) is 0 Å². The Morgan fingerprint density at radius 2 is 2.00 bits per heavy atom. The van der Waals surface area contributed by atoms with E-state index in [9.17, 15) is 4.79 Å². The molecule has 1 aliphatic heterocycles. The number of hydrogen-bond donors (Lipinski definition) is 2. The Labute approximate surface area is 120 Å². The molecular weight excluding hydrogens is 252 g/mol. The predicted molar refractivity (Wildman–Crippen MR) is 80.7 cm³/mol. The van der Waals surface area contributed by atoms with Gasteiger partial charge in [-0.15, -0.1) is 0 Å². The number of nitrogens with two attached hydrogens (primary N) is 1. The minimum atomic E-state index is -0.647. The molecule has 1 amide bonds. The molecule has 1 heterocycles. The Bertz CT molecular complexity index is 479. The van der Waals surface area contributed by atoms with Crippen molar-refractivity contribution in [3.63, 3.8) is 0 Å². The zero-order chi connectivity index (χ0) is 14.8. The van der Waals surface area contributed by atoms with E-state index in [1.54, 1.807) is 0 Å². The average Bonchev–Trinajstić information content (AvgIpc) is 2.80. The van der Waals surface area contributed by atoms with Crippen LogP contribution in [-0.4, -0.2) is 25.2 Å². The Kier molecular flexibility index (Phi) is 4.45. The highest BCUT2D eigenvalue weighted by atomic mass is 16.5. The highest BCUT2D eigenvalue weighted by Crippen LogP contribution is 2.30. The molecule has 0 spiro atoms. The summed E-state index contributed by atoms with van der Waals surface area (Å²) in [6.45, 7) is 6.89. The van der Waals surface area contributed by atoms with Gasteiger partial charge in [-0.05, 0) is 30.9 Å². The van der Waals surface area contributed by atoms with Gasteiger partial charge in [0.05, 0.1) is 18.6 Å². The van der Waals surface area contributed by atoms with Crippen LogP contribution in [0.15, 0.2) is 18.2 Å². The predicted octanol–water partition coefficient (Wildman–Crippen LogP) is 2.11. The maximum absolute atomic E-state index is 12.6. The molecule has 4 heteroatoms. The van der Waals surface area contributed by atoms with E-state index < -0.39 is 5.41 Å². The van der Waals surface area contributed by atoms with Crippen molar-refractivity contribution >= 4 is 11.6 Å². The number of rotatable bonds is 4. The second kappa shape index (κ2) is 5.94. The third-order valence-electron chi connectivity index (χ3n) is 4.27. The van der Waals surface area contributed by atoms with Gasteiger partial charge in [0, 0.05) is 11.7 Å². The molecule has 0 bridgehead atoms. The van der Waals surface area contributed by atoms with Crippen molar-refractivity contribution in [2.24, 2.45) is 11.1 Å². The molecular formula is C16H24N2O2. The number of carbonyl (C=O) groups is 1. The molecule has 1 aromatic rings. The lowest BCUT2D eigenvalue weighted by Crippen LogP contribution is -2.47. The van der Waals surface area contributed by atoms with Crippen LogP contribution in [0.4, 0.5) is 5.69 Å². The van der Waals surface area contributed by atoms with Gasteiger partial charge >= 0.3 is 0 Å². The summed E-state index contributed by atoms with van der Waals surface area (Å²) in [6, 6.07) is 5.91. The zero-order valence-corrected chi connectivity index (χ0v) is 12.5. The Hall–Kier alpha value is -1.39. The fourth-order valence-electron chi connectivity index (χ4n) is 2.58. The largest absolute Gasteiger partial charge is 0.379 e.